The zero-order valence-corrected chi connectivity index (χ0v) is 17.0. The molecule has 0 aliphatic carbocycles. The van der Waals surface area contributed by atoms with Gasteiger partial charge in [-0.05, 0) is 36.4 Å². The van der Waals surface area contributed by atoms with Gasteiger partial charge in [-0.1, -0.05) is 11.8 Å². The minimum absolute atomic E-state index is 0.217. The molecule has 0 fully saturated rings. The molecule has 0 bridgehead atoms. The van der Waals surface area contributed by atoms with Gasteiger partial charge in [0.15, 0.2) is 11.0 Å². The van der Waals surface area contributed by atoms with Crippen LogP contribution in [0.1, 0.15) is 5.76 Å². The Morgan fingerprint density at radius 1 is 1.23 bits per heavy atom. The van der Waals surface area contributed by atoms with E-state index < -0.39 is 18.6 Å². The minimum Gasteiger partial charge on any atom is -0.497 e. The van der Waals surface area contributed by atoms with Gasteiger partial charge in [-0.2, -0.15) is 13.2 Å². The normalized spacial score (nSPS) is 11.5. The Balaban J connectivity index is 1.68. The number of ether oxygens (including phenoxy) is 1. The molecule has 3 aromatic rings. The number of amides is 1. The molecule has 0 saturated heterocycles. The molecule has 0 aliphatic heterocycles. The first-order chi connectivity index (χ1) is 14.3. The number of furan rings is 1. The van der Waals surface area contributed by atoms with Crippen LogP contribution in [0.3, 0.4) is 0 Å². The standard InChI is InChI=1S/C19H19F3N4O3S/c1-25-17(13-5-7-14(28-2)8-6-13)23-24-18(25)30-11-16(27)26(12-19(20,21)22)10-15-4-3-9-29-15/h3-9H,10-12H2,1-2H3. The molecule has 1 aromatic carbocycles. The van der Waals surface area contributed by atoms with Crippen molar-refractivity contribution in [3.8, 4) is 17.1 Å². The van der Waals surface area contributed by atoms with Crippen molar-refractivity contribution in [1.82, 2.24) is 19.7 Å². The first-order valence-corrected chi connectivity index (χ1v) is 9.79. The summed E-state index contributed by atoms with van der Waals surface area (Å²) in [6.07, 6.45) is -3.17. The quantitative estimate of drug-likeness (QED) is 0.497. The lowest BCUT2D eigenvalue weighted by Crippen LogP contribution is -2.39. The lowest BCUT2D eigenvalue weighted by Gasteiger charge is -2.22. The van der Waals surface area contributed by atoms with E-state index in [2.05, 4.69) is 10.2 Å². The van der Waals surface area contributed by atoms with Crippen LogP contribution in [0.2, 0.25) is 0 Å². The molecule has 0 radical (unpaired) electrons. The molecular formula is C19H19F3N4O3S. The molecular weight excluding hydrogens is 421 g/mol. The van der Waals surface area contributed by atoms with E-state index in [4.69, 9.17) is 9.15 Å². The number of methoxy groups -OCH3 is 1. The van der Waals surface area contributed by atoms with Crippen LogP contribution in [-0.2, 0) is 18.4 Å². The van der Waals surface area contributed by atoms with Gasteiger partial charge < -0.3 is 18.6 Å². The molecule has 30 heavy (non-hydrogen) atoms. The fraction of sp³-hybridized carbons (Fsp3) is 0.316. The first-order valence-electron chi connectivity index (χ1n) is 8.80. The van der Waals surface area contributed by atoms with Crippen LogP contribution < -0.4 is 4.74 Å². The third-order valence-corrected chi connectivity index (χ3v) is 5.16. The fourth-order valence-corrected chi connectivity index (χ4v) is 3.50. The Hall–Kier alpha value is -2.95. The van der Waals surface area contributed by atoms with Crippen LogP contribution in [0.15, 0.2) is 52.2 Å². The largest absolute Gasteiger partial charge is 0.497 e. The van der Waals surface area contributed by atoms with Crippen LogP contribution in [0.5, 0.6) is 5.75 Å². The van der Waals surface area contributed by atoms with Crippen molar-refractivity contribution in [2.24, 2.45) is 7.05 Å². The summed E-state index contributed by atoms with van der Waals surface area (Å²) < 4.78 is 50.6. The number of aromatic nitrogens is 3. The molecule has 0 unspecified atom stereocenters. The number of carbonyl (C=O) groups excluding carboxylic acids is 1. The zero-order chi connectivity index (χ0) is 21.7. The maximum atomic E-state index is 12.9. The number of alkyl halides is 3. The predicted octanol–water partition coefficient (Wildman–Crippen LogP) is 3.77. The van der Waals surface area contributed by atoms with Gasteiger partial charge in [0.05, 0.1) is 25.7 Å². The Morgan fingerprint density at radius 3 is 2.57 bits per heavy atom. The first kappa shape index (κ1) is 21.8. The van der Waals surface area contributed by atoms with Crippen molar-refractivity contribution in [1.29, 1.82) is 0 Å². The van der Waals surface area contributed by atoms with Crippen molar-refractivity contribution < 1.29 is 27.1 Å². The number of thioether (sulfide) groups is 1. The van der Waals surface area contributed by atoms with E-state index >= 15 is 0 Å². The minimum atomic E-state index is -4.51. The van der Waals surface area contributed by atoms with Crippen molar-refractivity contribution >= 4 is 17.7 Å². The molecule has 11 heteroatoms. The Morgan fingerprint density at radius 2 is 1.97 bits per heavy atom. The predicted molar refractivity (Wildman–Crippen MR) is 104 cm³/mol. The summed E-state index contributed by atoms with van der Waals surface area (Å²) in [4.78, 5) is 13.2. The van der Waals surface area contributed by atoms with E-state index in [1.165, 1.54) is 12.3 Å². The molecule has 0 N–H and O–H groups in total. The third-order valence-electron chi connectivity index (χ3n) is 4.16. The summed E-state index contributed by atoms with van der Waals surface area (Å²) in [7, 11) is 3.29. The molecule has 0 spiro atoms. The Labute approximate surface area is 174 Å². The van der Waals surface area contributed by atoms with Crippen molar-refractivity contribution in [3.63, 3.8) is 0 Å². The maximum absolute atomic E-state index is 12.9. The molecule has 160 valence electrons. The summed E-state index contributed by atoms with van der Waals surface area (Å²) in [6, 6.07) is 10.3. The van der Waals surface area contributed by atoms with Crippen LogP contribution in [0.4, 0.5) is 13.2 Å². The van der Waals surface area contributed by atoms with Crippen molar-refractivity contribution in [2.75, 3.05) is 19.4 Å². The van der Waals surface area contributed by atoms with Gasteiger partial charge in [0.1, 0.15) is 18.1 Å². The smallest absolute Gasteiger partial charge is 0.406 e. The summed E-state index contributed by atoms with van der Waals surface area (Å²) in [5, 5.41) is 8.58. The molecule has 0 atom stereocenters. The number of halogens is 3. The Kier molecular flexibility index (Phi) is 6.70. The zero-order valence-electron chi connectivity index (χ0n) is 16.2. The topological polar surface area (TPSA) is 73.4 Å². The highest BCUT2D eigenvalue weighted by Crippen LogP contribution is 2.25. The lowest BCUT2D eigenvalue weighted by molar-refractivity contribution is -0.161. The number of benzene rings is 1. The molecule has 2 aromatic heterocycles. The van der Waals surface area contributed by atoms with Crippen LogP contribution in [0, 0.1) is 0 Å². The van der Waals surface area contributed by atoms with Gasteiger partial charge in [0, 0.05) is 12.6 Å². The second-order valence-corrected chi connectivity index (χ2v) is 7.27. The van der Waals surface area contributed by atoms with E-state index in [0.717, 1.165) is 17.3 Å². The Bertz CT molecular complexity index is 972. The third kappa shape index (κ3) is 5.56. The highest BCUT2D eigenvalue weighted by atomic mass is 32.2. The molecule has 7 nitrogen and oxygen atoms in total. The van der Waals surface area contributed by atoms with E-state index in [0.29, 0.717) is 21.6 Å². The fourth-order valence-electron chi connectivity index (χ4n) is 2.69. The summed E-state index contributed by atoms with van der Waals surface area (Å²) in [5.41, 5.74) is 0.792. The highest BCUT2D eigenvalue weighted by Gasteiger charge is 2.33. The van der Waals surface area contributed by atoms with Gasteiger partial charge in [0.2, 0.25) is 5.91 Å². The van der Waals surface area contributed by atoms with E-state index in [9.17, 15) is 18.0 Å². The number of rotatable bonds is 8. The number of hydrogen-bond donors (Lipinski definition) is 0. The lowest BCUT2D eigenvalue weighted by atomic mass is 10.2. The van der Waals surface area contributed by atoms with Crippen LogP contribution >= 0.6 is 11.8 Å². The van der Waals surface area contributed by atoms with Gasteiger partial charge >= 0.3 is 6.18 Å². The van der Waals surface area contributed by atoms with Gasteiger partial charge in [-0.3, -0.25) is 4.79 Å². The average Bonchev–Trinajstić information content (AvgIpc) is 3.34. The SMILES string of the molecule is COc1ccc(-c2nnc(SCC(=O)N(Cc3ccco3)CC(F)(F)F)n2C)cc1. The summed E-state index contributed by atoms with van der Waals surface area (Å²) in [5.74, 6) is 0.643. The summed E-state index contributed by atoms with van der Waals surface area (Å²) in [6.45, 7) is -1.62. The highest BCUT2D eigenvalue weighted by molar-refractivity contribution is 7.99. The van der Waals surface area contributed by atoms with Crippen molar-refractivity contribution in [3.05, 3.63) is 48.4 Å². The molecule has 3 rings (SSSR count). The van der Waals surface area contributed by atoms with Gasteiger partial charge in [0.25, 0.3) is 0 Å². The van der Waals surface area contributed by atoms with E-state index in [-0.39, 0.29) is 18.1 Å². The second kappa shape index (κ2) is 9.24. The number of carbonyl (C=O) groups is 1. The maximum Gasteiger partial charge on any atom is 0.406 e. The number of nitrogens with zero attached hydrogens (tertiary/aromatic N) is 4. The molecule has 1 amide bonds. The molecule has 0 aliphatic rings. The molecule has 0 saturated carbocycles. The van der Waals surface area contributed by atoms with E-state index in [1.807, 2.05) is 12.1 Å². The van der Waals surface area contributed by atoms with Crippen LogP contribution in [-0.4, -0.2) is 51.2 Å². The second-order valence-electron chi connectivity index (χ2n) is 6.33. The molecule has 2 heterocycles. The number of hydrogen-bond acceptors (Lipinski definition) is 6. The average molecular weight is 440 g/mol. The van der Waals surface area contributed by atoms with Crippen molar-refractivity contribution in [2.45, 2.75) is 17.9 Å². The summed E-state index contributed by atoms with van der Waals surface area (Å²) >= 11 is 1.02. The monoisotopic (exact) mass is 440 g/mol. The van der Waals surface area contributed by atoms with Gasteiger partial charge in [-0.25, -0.2) is 0 Å². The van der Waals surface area contributed by atoms with Crippen LogP contribution in [0.25, 0.3) is 11.4 Å². The van der Waals surface area contributed by atoms with E-state index in [1.54, 1.807) is 36.9 Å². The van der Waals surface area contributed by atoms with Gasteiger partial charge in [-0.15, -0.1) is 10.2 Å².